The highest BCUT2D eigenvalue weighted by atomic mass is 31.2. The van der Waals surface area contributed by atoms with Crippen molar-refractivity contribution in [3.05, 3.63) is 73.1 Å². The molecule has 54 heavy (non-hydrogen) atoms. The molecule has 0 aromatic rings. The second-order valence-corrected chi connectivity index (χ2v) is 15.4. The van der Waals surface area contributed by atoms with Crippen LogP contribution in [0, 0.1) is 0 Å². The smallest absolute Gasteiger partial charge is 0.472 e. The van der Waals surface area contributed by atoms with Gasteiger partial charge in [-0.05, 0) is 96.0 Å². The average Bonchev–Trinajstić information content (AvgIpc) is 3.16. The van der Waals surface area contributed by atoms with Gasteiger partial charge in [0, 0.05) is 13.0 Å². The molecule has 0 aliphatic rings. The van der Waals surface area contributed by atoms with E-state index in [2.05, 4.69) is 74.6 Å². The molecule has 2 unspecified atom stereocenters. The van der Waals surface area contributed by atoms with Crippen LogP contribution in [0.3, 0.4) is 0 Å². The summed E-state index contributed by atoms with van der Waals surface area (Å²) >= 11 is 0. The standard InChI is InChI=1S/C45H80NO7P/c1-3-5-7-9-11-13-15-17-19-21-22-23-24-26-28-30-32-34-36-38-45(47)53-44(43-52-54(48,49)51-41-39-46)42-50-40-37-35-33-31-29-27-25-20-18-16-14-12-10-8-6-4-2/h11,13-14,16-17,19,22-23,26,28,37,40,44H,3-10,12,15,18,20-21,24-25,27,29-36,38-39,41-43,46H2,1-2H3,(H,48,49). The fraction of sp³-hybridized carbons (Fsp3) is 0.711. The highest BCUT2D eigenvalue weighted by Crippen LogP contribution is 2.43. The van der Waals surface area contributed by atoms with Crippen molar-refractivity contribution in [2.24, 2.45) is 5.73 Å². The Morgan fingerprint density at radius 3 is 1.54 bits per heavy atom. The number of nitrogens with two attached hydrogens (primary N) is 1. The van der Waals surface area contributed by atoms with E-state index in [1.54, 1.807) is 6.26 Å². The maximum Gasteiger partial charge on any atom is 0.472 e. The highest BCUT2D eigenvalue weighted by Gasteiger charge is 2.25. The van der Waals surface area contributed by atoms with Crippen molar-refractivity contribution < 1.29 is 32.8 Å². The maximum absolute atomic E-state index is 12.6. The minimum absolute atomic E-state index is 0.0123. The molecule has 0 bridgehead atoms. The zero-order valence-electron chi connectivity index (χ0n) is 34.4. The number of carbonyl (C=O) groups is 1. The van der Waals surface area contributed by atoms with Crippen LogP contribution in [0.4, 0.5) is 0 Å². The Morgan fingerprint density at radius 2 is 1.00 bits per heavy atom. The number of phosphoric acid groups is 1. The lowest BCUT2D eigenvalue weighted by Crippen LogP contribution is -2.27. The van der Waals surface area contributed by atoms with Gasteiger partial charge in [0.1, 0.15) is 6.61 Å². The van der Waals surface area contributed by atoms with E-state index in [4.69, 9.17) is 24.3 Å². The molecule has 0 spiro atoms. The lowest BCUT2D eigenvalue weighted by atomic mass is 10.1. The van der Waals surface area contributed by atoms with Crippen LogP contribution in [-0.4, -0.2) is 43.3 Å². The fourth-order valence-corrected chi connectivity index (χ4v) is 6.23. The van der Waals surface area contributed by atoms with Crippen molar-refractivity contribution in [3.8, 4) is 0 Å². The van der Waals surface area contributed by atoms with E-state index < -0.39 is 13.9 Å². The minimum Gasteiger partial charge on any atom is -0.498 e. The number of esters is 1. The topological polar surface area (TPSA) is 117 Å². The predicted molar refractivity (Wildman–Crippen MR) is 228 cm³/mol. The first-order valence-corrected chi connectivity index (χ1v) is 23.0. The third-order valence-electron chi connectivity index (χ3n) is 8.66. The van der Waals surface area contributed by atoms with Gasteiger partial charge in [-0.3, -0.25) is 13.8 Å². The number of unbranched alkanes of at least 4 members (excludes halogenated alkanes) is 17. The lowest BCUT2D eigenvalue weighted by Gasteiger charge is -2.19. The Balaban J connectivity index is 4.19. The van der Waals surface area contributed by atoms with Crippen LogP contribution in [0.25, 0.3) is 0 Å². The van der Waals surface area contributed by atoms with E-state index in [0.29, 0.717) is 6.42 Å². The molecule has 0 aromatic carbocycles. The number of rotatable bonds is 40. The van der Waals surface area contributed by atoms with Gasteiger partial charge in [0.15, 0.2) is 6.10 Å². The van der Waals surface area contributed by atoms with Crippen LogP contribution in [0.2, 0.25) is 0 Å². The van der Waals surface area contributed by atoms with E-state index in [0.717, 1.165) is 51.4 Å². The van der Waals surface area contributed by atoms with Crippen LogP contribution >= 0.6 is 7.82 Å². The average molecular weight is 778 g/mol. The molecule has 9 heteroatoms. The Morgan fingerprint density at radius 1 is 0.574 bits per heavy atom. The Labute approximate surface area is 331 Å². The Hall–Kier alpha value is -2.22. The van der Waals surface area contributed by atoms with Gasteiger partial charge >= 0.3 is 13.8 Å². The summed E-state index contributed by atoms with van der Waals surface area (Å²) in [7, 11) is -4.31. The van der Waals surface area contributed by atoms with Gasteiger partial charge < -0.3 is 20.1 Å². The molecule has 0 saturated carbocycles. The SMILES string of the molecule is CCCCCC=CCC=CCC=CCC=CCCCCCC(=O)OC(COC=CCCCCCCCCC=CCCCCCC)COP(=O)(O)OCCN. The number of ether oxygens (including phenoxy) is 2. The van der Waals surface area contributed by atoms with E-state index in [9.17, 15) is 14.3 Å². The molecular formula is C45H80NO7P. The molecule has 0 radical (unpaired) electrons. The second kappa shape index (κ2) is 41.9. The third kappa shape index (κ3) is 41.0. The van der Waals surface area contributed by atoms with E-state index in [-0.39, 0.29) is 38.8 Å². The van der Waals surface area contributed by atoms with Crippen molar-refractivity contribution in [3.63, 3.8) is 0 Å². The molecular weight excluding hydrogens is 697 g/mol. The molecule has 0 amide bonds. The van der Waals surface area contributed by atoms with E-state index >= 15 is 0 Å². The fourth-order valence-electron chi connectivity index (χ4n) is 5.47. The molecule has 2 atom stereocenters. The number of allylic oxidation sites excluding steroid dienone is 11. The van der Waals surface area contributed by atoms with Crippen molar-refractivity contribution >= 4 is 13.8 Å². The summed E-state index contributed by atoms with van der Waals surface area (Å²) in [6.07, 6.45) is 52.9. The van der Waals surface area contributed by atoms with Crippen molar-refractivity contribution in [2.45, 2.75) is 180 Å². The van der Waals surface area contributed by atoms with Crippen molar-refractivity contribution in [1.82, 2.24) is 0 Å². The molecule has 0 rings (SSSR count). The zero-order valence-corrected chi connectivity index (χ0v) is 35.3. The summed E-state index contributed by atoms with van der Waals surface area (Å²) in [5, 5.41) is 0. The largest absolute Gasteiger partial charge is 0.498 e. The summed E-state index contributed by atoms with van der Waals surface area (Å²) in [5.41, 5.74) is 5.36. The molecule has 312 valence electrons. The molecule has 0 aliphatic heterocycles. The quantitative estimate of drug-likeness (QED) is 0.0208. The monoisotopic (exact) mass is 778 g/mol. The molecule has 0 aliphatic carbocycles. The van der Waals surface area contributed by atoms with Crippen LogP contribution in [0.15, 0.2) is 73.1 Å². The summed E-state index contributed by atoms with van der Waals surface area (Å²) in [4.78, 5) is 22.4. The van der Waals surface area contributed by atoms with Crippen LogP contribution < -0.4 is 5.73 Å². The van der Waals surface area contributed by atoms with Gasteiger partial charge in [0.25, 0.3) is 0 Å². The lowest BCUT2D eigenvalue weighted by molar-refractivity contribution is -0.153. The first-order chi connectivity index (χ1) is 26.4. The molecule has 0 fully saturated rings. The first kappa shape index (κ1) is 51.8. The Bertz CT molecular complexity index is 1050. The van der Waals surface area contributed by atoms with Crippen LogP contribution in [-0.2, 0) is 27.9 Å². The predicted octanol–water partition coefficient (Wildman–Crippen LogP) is 13.1. The van der Waals surface area contributed by atoms with E-state index in [1.807, 2.05) is 6.08 Å². The van der Waals surface area contributed by atoms with Gasteiger partial charge in [-0.25, -0.2) is 4.57 Å². The van der Waals surface area contributed by atoms with Gasteiger partial charge in [0.2, 0.25) is 0 Å². The number of phosphoric ester groups is 1. The third-order valence-corrected chi connectivity index (χ3v) is 9.64. The molecule has 8 nitrogen and oxygen atoms in total. The van der Waals surface area contributed by atoms with Crippen LogP contribution in [0.1, 0.15) is 174 Å². The van der Waals surface area contributed by atoms with Crippen LogP contribution in [0.5, 0.6) is 0 Å². The summed E-state index contributed by atoms with van der Waals surface area (Å²) in [6.45, 7) is 4.14. The number of carbonyl (C=O) groups excluding carboxylic acids is 1. The zero-order chi connectivity index (χ0) is 39.5. The van der Waals surface area contributed by atoms with Gasteiger partial charge in [-0.1, -0.05) is 139 Å². The number of hydrogen-bond acceptors (Lipinski definition) is 7. The first-order valence-electron chi connectivity index (χ1n) is 21.5. The summed E-state index contributed by atoms with van der Waals surface area (Å²) in [5.74, 6) is -0.386. The normalized spacial score (nSPS) is 14.1. The molecule has 0 aromatic heterocycles. The van der Waals surface area contributed by atoms with Gasteiger partial charge in [-0.15, -0.1) is 0 Å². The van der Waals surface area contributed by atoms with E-state index in [1.165, 1.54) is 96.3 Å². The minimum atomic E-state index is -4.31. The summed E-state index contributed by atoms with van der Waals surface area (Å²) < 4.78 is 33.1. The van der Waals surface area contributed by atoms with Gasteiger partial charge in [-0.2, -0.15) is 0 Å². The summed E-state index contributed by atoms with van der Waals surface area (Å²) in [6, 6.07) is 0. The highest BCUT2D eigenvalue weighted by molar-refractivity contribution is 7.47. The molecule has 3 N–H and O–H groups in total. The number of hydrogen-bond donors (Lipinski definition) is 2. The Kier molecular flexibility index (Phi) is 40.2. The van der Waals surface area contributed by atoms with Crippen molar-refractivity contribution in [2.75, 3.05) is 26.4 Å². The molecule has 0 heterocycles. The van der Waals surface area contributed by atoms with Gasteiger partial charge in [0.05, 0.1) is 19.5 Å². The molecule has 0 saturated heterocycles. The second-order valence-electron chi connectivity index (χ2n) is 13.9. The maximum atomic E-state index is 12.6. The van der Waals surface area contributed by atoms with Crippen molar-refractivity contribution in [1.29, 1.82) is 0 Å².